The Morgan fingerprint density at radius 3 is 1.96 bits per heavy atom. The van der Waals surface area contributed by atoms with Crippen LogP contribution in [0.3, 0.4) is 0 Å². The minimum absolute atomic E-state index is 0.0288. The van der Waals surface area contributed by atoms with Gasteiger partial charge in [0, 0.05) is 29.9 Å². The van der Waals surface area contributed by atoms with Crippen molar-refractivity contribution in [2.24, 2.45) is 0 Å². The first-order valence-corrected chi connectivity index (χ1v) is 16.1. The van der Waals surface area contributed by atoms with Gasteiger partial charge < -0.3 is 46.5 Å². The molecule has 0 aliphatic carbocycles. The van der Waals surface area contributed by atoms with Crippen LogP contribution in [-0.2, 0) is 48.2 Å². The molecule has 0 aliphatic heterocycles. The van der Waals surface area contributed by atoms with Crippen LogP contribution < -0.4 is 26.6 Å². The number of benzene rings is 3. The Labute approximate surface area is 293 Å². The van der Waals surface area contributed by atoms with Crippen LogP contribution in [0.5, 0.6) is 0 Å². The number of carbonyl (C=O) groups excluding carboxylic acids is 5. The van der Waals surface area contributed by atoms with Crippen molar-refractivity contribution < 1.29 is 43.7 Å². The Bertz CT molecular complexity index is 1820. The molecule has 5 amide bonds. The molecule has 0 unspecified atom stereocenters. The van der Waals surface area contributed by atoms with E-state index in [1.54, 1.807) is 66.9 Å². The third-order valence-corrected chi connectivity index (χ3v) is 7.82. The Morgan fingerprint density at radius 1 is 0.706 bits per heavy atom. The van der Waals surface area contributed by atoms with Crippen molar-refractivity contribution in [1.82, 2.24) is 31.6 Å². The van der Waals surface area contributed by atoms with Crippen molar-refractivity contribution >= 4 is 46.6 Å². The Kier molecular flexibility index (Phi) is 13.7. The molecule has 1 aromatic heterocycles. The van der Waals surface area contributed by atoms with Gasteiger partial charge in [0.15, 0.2) is 0 Å². The number of H-pyrrole nitrogens is 1. The summed E-state index contributed by atoms with van der Waals surface area (Å²) in [5.41, 5.74) is 2.86. The topological polar surface area (TPSA) is 228 Å². The summed E-state index contributed by atoms with van der Waals surface area (Å²) >= 11 is 0. The third kappa shape index (κ3) is 11.4. The SMILES string of the molecule is C[C@H](NC(=O)CNC(=O)[C@H](Cc1c[nH]c2ccccc12)NC(=O)[C@H](CO)NC(=O)[C@H](Cc1ccccc1)NC(=O)OCc1ccccc1)C(=O)O. The highest BCUT2D eigenvalue weighted by atomic mass is 16.5. The fourth-order valence-electron chi connectivity index (χ4n) is 5.08. The Hall–Kier alpha value is -6.22. The third-order valence-electron chi connectivity index (χ3n) is 7.82. The van der Waals surface area contributed by atoms with Crippen LogP contribution in [0.2, 0.25) is 0 Å². The molecule has 3 aromatic carbocycles. The molecule has 4 atom stereocenters. The number of aromatic nitrogens is 1. The van der Waals surface area contributed by atoms with Gasteiger partial charge >= 0.3 is 12.1 Å². The highest BCUT2D eigenvalue weighted by molar-refractivity contribution is 5.95. The molecule has 8 N–H and O–H groups in total. The lowest BCUT2D eigenvalue weighted by Crippen LogP contribution is -2.59. The number of aliphatic hydroxyl groups excluding tert-OH is 1. The molecule has 4 rings (SSSR count). The zero-order valence-corrected chi connectivity index (χ0v) is 27.8. The molecule has 0 saturated carbocycles. The van der Waals surface area contributed by atoms with Crippen molar-refractivity contribution in [3.05, 3.63) is 108 Å². The average Bonchev–Trinajstić information content (AvgIpc) is 3.54. The van der Waals surface area contributed by atoms with Crippen LogP contribution in [0.1, 0.15) is 23.6 Å². The number of fused-ring (bicyclic) bond motifs is 1. The number of aromatic amines is 1. The number of hydrogen-bond donors (Lipinski definition) is 8. The molecule has 268 valence electrons. The first kappa shape index (κ1) is 37.6. The molecule has 15 heteroatoms. The summed E-state index contributed by atoms with van der Waals surface area (Å²) in [4.78, 5) is 79.6. The number of amides is 5. The number of carboxylic acid groups (broad SMARTS) is 1. The number of hydrogen-bond acceptors (Lipinski definition) is 8. The predicted octanol–water partition coefficient (Wildman–Crippen LogP) is 0.916. The van der Waals surface area contributed by atoms with Crippen LogP contribution in [-0.4, -0.2) is 88.2 Å². The molecule has 0 fully saturated rings. The predicted molar refractivity (Wildman–Crippen MR) is 185 cm³/mol. The maximum absolute atomic E-state index is 13.5. The molecule has 0 spiro atoms. The lowest BCUT2D eigenvalue weighted by molar-refractivity contribution is -0.141. The maximum atomic E-state index is 13.5. The van der Waals surface area contributed by atoms with Gasteiger partial charge in [0.1, 0.15) is 30.8 Å². The molecular formula is C36H40N6O9. The molecule has 0 bridgehead atoms. The number of para-hydroxylation sites is 1. The van der Waals surface area contributed by atoms with Crippen molar-refractivity contribution in [3.8, 4) is 0 Å². The molecule has 0 radical (unpaired) electrons. The summed E-state index contributed by atoms with van der Waals surface area (Å²) in [6.07, 6.45) is 0.769. The molecular weight excluding hydrogens is 660 g/mol. The standard InChI is InChI=1S/C36H40N6O9/c1-22(35(48)49)39-31(44)19-38-32(45)29(17-25-18-37-27-15-9-8-14-26(25)27)40-34(47)30(20-43)41-33(46)28(16-23-10-4-2-5-11-23)42-36(50)51-21-24-12-6-3-7-13-24/h2-15,18,22,28-30,37,43H,16-17,19-21H2,1H3,(H,38,45)(H,39,44)(H,40,47)(H,41,46)(H,42,50)(H,48,49)/t22-,28-,29-,30-/m0/s1. The summed E-state index contributed by atoms with van der Waals surface area (Å²) in [6, 6.07) is 19.8. The van der Waals surface area contributed by atoms with Gasteiger partial charge in [0.25, 0.3) is 0 Å². The largest absolute Gasteiger partial charge is 0.480 e. The van der Waals surface area contributed by atoms with E-state index in [1.807, 2.05) is 24.3 Å². The summed E-state index contributed by atoms with van der Waals surface area (Å²) in [5.74, 6) is -4.53. The van der Waals surface area contributed by atoms with Crippen LogP contribution in [0.15, 0.2) is 91.1 Å². The van der Waals surface area contributed by atoms with Gasteiger partial charge in [-0.3, -0.25) is 24.0 Å². The maximum Gasteiger partial charge on any atom is 0.408 e. The van der Waals surface area contributed by atoms with E-state index in [2.05, 4.69) is 31.6 Å². The van der Waals surface area contributed by atoms with E-state index in [4.69, 9.17) is 9.84 Å². The number of ether oxygens (including phenoxy) is 1. The summed E-state index contributed by atoms with van der Waals surface area (Å²) < 4.78 is 5.29. The van der Waals surface area contributed by atoms with Crippen molar-refractivity contribution in [1.29, 1.82) is 0 Å². The summed E-state index contributed by atoms with van der Waals surface area (Å²) in [5, 5.41) is 32.2. The van der Waals surface area contributed by atoms with Gasteiger partial charge in [-0.25, -0.2) is 4.79 Å². The number of carboxylic acids is 1. The molecule has 0 aliphatic rings. The Morgan fingerprint density at radius 2 is 1.29 bits per heavy atom. The van der Waals surface area contributed by atoms with E-state index in [0.717, 1.165) is 16.5 Å². The van der Waals surface area contributed by atoms with Crippen molar-refractivity contribution in [2.45, 2.75) is 50.5 Å². The summed E-state index contributed by atoms with van der Waals surface area (Å²) in [7, 11) is 0. The van der Waals surface area contributed by atoms with Gasteiger partial charge in [-0.2, -0.15) is 0 Å². The van der Waals surface area contributed by atoms with E-state index in [-0.39, 0.29) is 19.4 Å². The van der Waals surface area contributed by atoms with E-state index >= 15 is 0 Å². The molecule has 4 aromatic rings. The number of aliphatic carboxylic acids is 1. The van der Waals surface area contributed by atoms with Crippen molar-refractivity contribution in [3.63, 3.8) is 0 Å². The molecule has 0 saturated heterocycles. The highest BCUT2D eigenvalue weighted by Crippen LogP contribution is 2.19. The minimum atomic E-state index is -1.55. The Balaban J connectivity index is 1.47. The zero-order valence-electron chi connectivity index (χ0n) is 27.8. The average molecular weight is 701 g/mol. The number of aliphatic hydroxyl groups is 1. The van der Waals surface area contributed by atoms with E-state index < -0.39 is 73.0 Å². The van der Waals surface area contributed by atoms with Gasteiger partial charge in [-0.15, -0.1) is 0 Å². The highest BCUT2D eigenvalue weighted by Gasteiger charge is 2.30. The first-order valence-electron chi connectivity index (χ1n) is 16.1. The van der Waals surface area contributed by atoms with Gasteiger partial charge in [-0.05, 0) is 29.7 Å². The van der Waals surface area contributed by atoms with Crippen LogP contribution in [0.4, 0.5) is 4.79 Å². The fourth-order valence-corrected chi connectivity index (χ4v) is 5.08. The van der Waals surface area contributed by atoms with Crippen LogP contribution >= 0.6 is 0 Å². The quantitative estimate of drug-likeness (QED) is 0.0782. The second kappa shape index (κ2) is 18.5. The van der Waals surface area contributed by atoms with E-state index in [9.17, 15) is 33.9 Å². The zero-order chi connectivity index (χ0) is 36.8. The normalized spacial score (nSPS) is 13.1. The second-order valence-electron chi connectivity index (χ2n) is 11.7. The van der Waals surface area contributed by atoms with E-state index in [1.165, 1.54) is 6.92 Å². The number of nitrogens with one attached hydrogen (secondary N) is 6. The van der Waals surface area contributed by atoms with Gasteiger partial charge in [0.05, 0.1) is 13.2 Å². The van der Waals surface area contributed by atoms with E-state index in [0.29, 0.717) is 11.1 Å². The number of rotatable bonds is 17. The van der Waals surface area contributed by atoms with Crippen LogP contribution in [0.25, 0.3) is 10.9 Å². The first-order chi connectivity index (χ1) is 24.5. The minimum Gasteiger partial charge on any atom is -0.480 e. The smallest absolute Gasteiger partial charge is 0.408 e. The van der Waals surface area contributed by atoms with Crippen molar-refractivity contribution in [2.75, 3.05) is 13.2 Å². The van der Waals surface area contributed by atoms with Crippen LogP contribution in [0, 0.1) is 0 Å². The fraction of sp³-hybridized carbons (Fsp3) is 0.278. The lowest BCUT2D eigenvalue weighted by atomic mass is 10.0. The summed E-state index contributed by atoms with van der Waals surface area (Å²) in [6.45, 7) is -0.220. The molecule has 51 heavy (non-hydrogen) atoms. The lowest BCUT2D eigenvalue weighted by Gasteiger charge is -2.24. The van der Waals surface area contributed by atoms with Gasteiger partial charge in [0.2, 0.25) is 23.6 Å². The monoisotopic (exact) mass is 700 g/mol. The number of alkyl carbamates (subject to hydrolysis) is 1. The molecule has 1 heterocycles. The van der Waals surface area contributed by atoms with Gasteiger partial charge in [-0.1, -0.05) is 78.9 Å². The second-order valence-corrected chi connectivity index (χ2v) is 11.7. The molecule has 15 nitrogen and oxygen atoms in total. The number of carbonyl (C=O) groups is 6.